The van der Waals surface area contributed by atoms with E-state index in [4.69, 9.17) is 4.42 Å². The van der Waals surface area contributed by atoms with Gasteiger partial charge in [-0.15, -0.1) is 0 Å². The van der Waals surface area contributed by atoms with E-state index >= 15 is 0 Å². The monoisotopic (exact) mass is 263 g/mol. The standard InChI is InChI=1S/C16H13N3O/c1-19(10-12-6-7-20-11-12)16-8-13(9-17)14-4-2-3-5-15(14)18-16/h2-8,11H,10H2,1H3. The molecule has 0 fully saturated rings. The molecule has 0 radical (unpaired) electrons. The van der Waals surface area contributed by atoms with Crippen LogP contribution in [0.1, 0.15) is 11.1 Å². The van der Waals surface area contributed by atoms with Crippen LogP contribution in [0, 0.1) is 11.3 Å². The molecule has 3 aromatic rings. The van der Waals surface area contributed by atoms with Crippen LogP contribution in [0.5, 0.6) is 0 Å². The van der Waals surface area contributed by atoms with Gasteiger partial charge >= 0.3 is 0 Å². The first-order valence-corrected chi connectivity index (χ1v) is 6.30. The Hall–Kier alpha value is -2.80. The van der Waals surface area contributed by atoms with Crippen LogP contribution in [0.25, 0.3) is 10.9 Å². The largest absolute Gasteiger partial charge is 0.472 e. The Morgan fingerprint density at radius 2 is 2.15 bits per heavy atom. The topological polar surface area (TPSA) is 53.1 Å². The molecule has 1 aromatic carbocycles. The number of benzene rings is 1. The molecule has 2 heterocycles. The summed E-state index contributed by atoms with van der Waals surface area (Å²) in [6, 6.07) is 13.7. The Morgan fingerprint density at radius 3 is 2.90 bits per heavy atom. The molecule has 0 N–H and O–H groups in total. The lowest BCUT2D eigenvalue weighted by atomic mass is 10.1. The predicted molar refractivity (Wildman–Crippen MR) is 77.3 cm³/mol. The van der Waals surface area contributed by atoms with Crippen LogP contribution in [0.4, 0.5) is 5.82 Å². The van der Waals surface area contributed by atoms with Gasteiger partial charge in [0.1, 0.15) is 5.82 Å². The third-order valence-electron chi connectivity index (χ3n) is 3.21. The molecule has 4 nitrogen and oxygen atoms in total. The SMILES string of the molecule is CN(Cc1ccoc1)c1cc(C#N)c2ccccc2n1. The van der Waals surface area contributed by atoms with Crippen LogP contribution in [-0.2, 0) is 6.54 Å². The molecular weight excluding hydrogens is 250 g/mol. The van der Waals surface area contributed by atoms with Gasteiger partial charge < -0.3 is 9.32 Å². The normalized spacial score (nSPS) is 10.4. The molecule has 0 aliphatic carbocycles. The molecule has 0 unspecified atom stereocenters. The summed E-state index contributed by atoms with van der Waals surface area (Å²) >= 11 is 0. The maximum Gasteiger partial charge on any atom is 0.130 e. The third-order valence-corrected chi connectivity index (χ3v) is 3.21. The number of anilines is 1. The van der Waals surface area contributed by atoms with Gasteiger partial charge in [-0.3, -0.25) is 0 Å². The fourth-order valence-corrected chi connectivity index (χ4v) is 2.19. The molecule has 2 aromatic heterocycles. The van der Waals surface area contributed by atoms with Crippen molar-refractivity contribution in [1.82, 2.24) is 4.98 Å². The minimum Gasteiger partial charge on any atom is -0.472 e. The van der Waals surface area contributed by atoms with E-state index in [1.54, 1.807) is 12.5 Å². The van der Waals surface area contributed by atoms with Gasteiger partial charge in [0.15, 0.2) is 0 Å². The summed E-state index contributed by atoms with van der Waals surface area (Å²) in [5, 5.41) is 10.2. The van der Waals surface area contributed by atoms with Crippen LogP contribution < -0.4 is 4.90 Å². The summed E-state index contributed by atoms with van der Waals surface area (Å²) in [5.74, 6) is 0.779. The van der Waals surface area contributed by atoms with E-state index in [-0.39, 0.29) is 0 Å². The first kappa shape index (κ1) is 12.2. The van der Waals surface area contributed by atoms with Crippen molar-refractivity contribution < 1.29 is 4.42 Å². The van der Waals surface area contributed by atoms with Gasteiger partial charge in [0.2, 0.25) is 0 Å². The molecule has 4 heteroatoms. The van der Waals surface area contributed by atoms with Crippen molar-refractivity contribution in [2.24, 2.45) is 0 Å². The maximum absolute atomic E-state index is 9.29. The first-order chi connectivity index (χ1) is 9.78. The Labute approximate surface area is 116 Å². The summed E-state index contributed by atoms with van der Waals surface area (Å²) in [7, 11) is 1.95. The number of hydrogen-bond donors (Lipinski definition) is 0. The van der Waals surface area contributed by atoms with E-state index in [0.717, 1.165) is 22.3 Å². The molecule has 0 aliphatic rings. The molecule has 3 rings (SSSR count). The molecule has 0 saturated heterocycles. The molecule has 0 atom stereocenters. The zero-order chi connectivity index (χ0) is 13.9. The number of nitrogens with zero attached hydrogens (tertiary/aromatic N) is 3. The van der Waals surface area contributed by atoms with Crippen molar-refractivity contribution in [3.8, 4) is 6.07 Å². The smallest absolute Gasteiger partial charge is 0.130 e. The minimum absolute atomic E-state index is 0.643. The van der Waals surface area contributed by atoms with Gasteiger partial charge in [-0.25, -0.2) is 4.98 Å². The van der Waals surface area contributed by atoms with Gasteiger partial charge in [-0.1, -0.05) is 18.2 Å². The number of hydrogen-bond acceptors (Lipinski definition) is 4. The predicted octanol–water partition coefficient (Wildman–Crippen LogP) is 3.34. The summed E-state index contributed by atoms with van der Waals surface area (Å²) in [4.78, 5) is 6.61. The van der Waals surface area contributed by atoms with Gasteiger partial charge in [-0.2, -0.15) is 5.26 Å². The van der Waals surface area contributed by atoms with Crippen LogP contribution in [0.3, 0.4) is 0 Å². The van der Waals surface area contributed by atoms with Crippen molar-refractivity contribution in [3.05, 3.63) is 60.1 Å². The van der Waals surface area contributed by atoms with E-state index in [1.165, 1.54) is 0 Å². The van der Waals surface area contributed by atoms with Gasteiger partial charge in [-0.05, 0) is 18.2 Å². The highest BCUT2D eigenvalue weighted by Crippen LogP contribution is 2.22. The van der Waals surface area contributed by atoms with E-state index < -0.39 is 0 Å². The lowest BCUT2D eigenvalue weighted by Crippen LogP contribution is -2.17. The molecule has 20 heavy (non-hydrogen) atoms. The maximum atomic E-state index is 9.29. The van der Waals surface area contributed by atoms with Crippen molar-refractivity contribution in [1.29, 1.82) is 5.26 Å². The molecule has 0 aliphatic heterocycles. The Kier molecular flexibility index (Phi) is 3.10. The van der Waals surface area contributed by atoms with E-state index in [9.17, 15) is 5.26 Å². The average molecular weight is 263 g/mol. The average Bonchev–Trinajstić information content (AvgIpc) is 2.99. The third kappa shape index (κ3) is 2.21. The van der Waals surface area contributed by atoms with Gasteiger partial charge in [0.25, 0.3) is 0 Å². The van der Waals surface area contributed by atoms with E-state index in [0.29, 0.717) is 12.1 Å². The number of rotatable bonds is 3. The Bertz CT molecular complexity index is 772. The van der Waals surface area contributed by atoms with Crippen LogP contribution in [0.15, 0.2) is 53.3 Å². The number of furan rings is 1. The van der Waals surface area contributed by atoms with Gasteiger partial charge in [0, 0.05) is 24.5 Å². The van der Waals surface area contributed by atoms with E-state index in [2.05, 4.69) is 11.1 Å². The highest BCUT2D eigenvalue weighted by molar-refractivity contribution is 5.86. The lowest BCUT2D eigenvalue weighted by molar-refractivity contribution is 0.563. The molecular formula is C16H13N3O. The van der Waals surface area contributed by atoms with Crippen molar-refractivity contribution >= 4 is 16.7 Å². The van der Waals surface area contributed by atoms with Crippen molar-refractivity contribution in [2.75, 3.05) is 11.9 Å². The van der Waals surface area contributed by atoms with Crippen LogP contribution >= 0.6 is 0 Å². The summed E-state index contributed by atoms with van der Waals surface area (Å²) in [6.45, 7) is 0.687. The highest BCUT2D eigenvalue weighted by atomic mass is 16.3. The number of nitriles is 1. The summed E-state index contributed by atoms with van der Waals surface area (Å²) < 4.78 is 5.07. The highest BCUT2D eigenvalue weighted by Gasteiger charge is 2.09. The quantitative estimate of drug-likeness (QED) is 0.727. The van der Waals surface area contributed by atoms with Crippen LogP contribution in [0.2, 0.25) is 0 Å². The molecule has 0 spiro atoms. The van der Waals surface area contributed by atoms with Crippen molar-refractivity contribution in [3.63, 3.8) is 0 Å². The molecule has 0 bridgehead atoms. The number of para-hydroxylation sites is 1. The Balaban J connectivity index is 2.01. The molecule has 98 valence electrons. The fourth-order valence-electron chi connectivity index (χ4n) is 2.19. The van der Waals surface area contributed by atoms with Crippen molar-refractivity contribution in [2.45, 2.75) is 6.54 Å². The zero-order valence-corrected chi connectivity index (χ0v) is 11.1. The second-order valence-corrected chi connectivity index (χ2v) is 4.64. The summed E-state index contributed by atoms with van der Waals surface area (Å²) in [6.07, 6.45) is 3.36. The minimum atomic E-state index is 0.643. The fraction of sp³-hybridized carbons (Fsp3) is 0.125. The number of aromatic nitrogens is 1. The second kappa shape index (κ2) is 5.06. The molecule has 0 saturated carbocycles. The Morgan fingerprint density at radius 1 is 1.30 bits per heavy atom. The molecule has 0 amide bonds. The number of pyridine rings is 1. The lowest BCUT2D eigenvalue weighted by Gasteiger charge is -2.18. The van der Waals surface area contributed by atoms with E-state index in [1.807, 2.05) is 48.3 Å². The number of fused-ring (bicyclic) bond motifs is 1. The summed E-state index contributed by atoms with van der Waals surface area (Å²) in [5.41, 5.74) is 2.55. The van der Waals surface area contributed by atoms with Gasteiger partial charge in [0.05, 0.1) is 29.7 Å². The van der Waals surface area contributed by atoms with Crippen LogP contribution in [-0.4, -0.2) is 12.0 Å². The zero-order valence-electron chi connectivity index (χ0n) is 11.1. The second-order valence-electron chi connectivity index (χ2n) is 4.64. The first-order valence-electron chi connectivity index (χ1n) is 6.30.